The van der Waals surface area contributed by atoms with Crippen LogP contribution in [0.1, 0.15) is 25.8 Å². The molecule has 0 fully saturated rings. The SMILES string of the molecule is Cc1cccc2c(=O)oc(=O)n(CCC(C)C)c12. The van der Waals surface area contributed by atoms with E-state index in [0.717, 1.165) is 12.0 Å². The van der Waals surface area contributed by atoms with Crippen LogP contribution in [0.4, 0.5) is 0 Å². The number of benzene rings is 1. The molecule has 0 unspecified atom stereocenters. The van der Waals surface area contributed by atoms with Gasteiger partial charge in [0.25, 0.3) is 0 Å². The van der Waals surface area contributed by atoms with E-state index in [0.29, 0.717) is 23.4 Å². The minimum absolute atomic E-state index is 0.471. The van der Waals surface area contributed by atoms with Crippen LogP contribution in [-0.2, 0) is 6.54 Å². The maximum Gasteiger partial charge on any atom is 0.422 e. The molecule has 0 bridgehead atoms. The molecule has 4 heteroatoms. The van der Waals surface area contributed by atoms with Crippen molar-refractivity contribution in [2.24, 2.45) is 5.92 Å². The minimum Gasteiger partial charge on any atom is -0.372 e. The smallest absolute Gasteiger partial charge is 0.372 e. The van der Waals surface area contributed by atoms with E-state index in [-0.39, 0.29) is 0 Å². The van der Waals surface area contributed by atoms with Crippen LogP contribution in [-0.4, -0.2) is 4.57 Å². The van der Waals surface area contributed by atoms with Gasteiger partial charge >= 0.3 is 11.4 Å². The molecule has 96 valence electrons. The summed E-state index contributed by atoms with van der Waals surface area (Å²) in [6.45, 7) is 6.66. The molecule has 0 saturated heterocycles. The molecule has 0 aliphatic heterocycles. The first-order valence-electron chi connectivity index (χ1n) is 6.14. The van der Waals surface area contributed by atoms with Crippen LogP contribution in [0.5, 0.6) is 0 Å². The van der Waals surface area contributed by atoms with Crippen LogP contribution >= 0.6 is 0 Å². The zero-order valence-corrected chi connectivity index (χ0v) is 10.9. The molecule has 0 aliphatic carbocycles. The number of rotatable bonds is 3. The summed E-state index contributed by atoms with van der Waals surface area (Å²) in [7, 11) is 0. The summed E-state index contributed by atoms with van der Waals surface area (Å²) in [4.78, 5) is 23.5. The second-order valence-corrected chi connectivity index (χ2v) is 4.96. The predicted molar refractivity (Wildman–Crippen MR) is 70.9 cm³/mol. The predicted octanol–water partition coefficient (Wildman–Crippen LogP) is 2.31. The average Bonchev–Trinajstić information content (AvgIpc) is 2.29. The summed E-state index contributed by atoms with van der Waals surface area (Å²) in [6, 6.07) is 5.39. The second-order valence-electron chi connectivity index (χ2n) is 4.96. The quantitative estimate of drug-likeness (QED) is 0.836. The summed E-state index contributed by atoms with van der Waals surface area (Å²) in [5.74, 6) is -0.0784. The lowest BCUT2D eigenvalue weighted by Gasteiger charge is -2.11. The van der Waals surface area contributed by atoms with Crippen molar-refractivity contribution in [1.29, 1.82) is 0 Å². The van der Waals surface area contributed by atoms with Crippen molar-refractivity contribution < 1.29 is 4.42 Å². The van der Waals surface area contributed by atoms with Crippen molar-refractivity contribution in [3.63, 3.8) is 0 Å². The third-order valence-corrected chi connectivity index (χ3v) is 3.06. The molecular formula is C14H17NO3. The zero-order valence-electron chi connectivity index (χ0n) is 10.9. The van der Waals surface area contributed by atoms with Crippen molar-refractivity contribution >= 4 is 10.9 Å². The highest BCUT2D eigenvalue weighted by atomic mass is 16.4. The van der Waals surface area contributed by atoms with E-state index in [1.807, 2.05) is 13.0 Å². The van der Waals surface area contributed by atoms with Gasteiger partial charge in [-0.25, -0.2) is 9.59 Å². The Labute approximate surface area is 105 Å². The molecule has 18 heavy (non-hydrogen) atoms. The number of nitrogens with zero attached hydrogens (tertiary/aromatic N) is 1. The first-order chi connectivity index (χ1) is 8.50. The fourth-order valence-electron chi connectivity index (χ4n) is 2.05. The van der Waals surface area contributed by atoms with Crippen LogP contribution in [0.2, 0.25) is 0 Å². The largest absolute Gasteiger partial charge is 0.422 e. The summed E-state index contributed by atoms with van der Waals surface area (Å²) >= 11 is 0. The Morgan fingerprint density at radius 2 is 2.00 bits per heavy atom. The number of aryl methyl sites for hydroxylation is 2. The van der Waals surface area contributed by atoms with Gasteiger partial charge in [0.2, 0.25) is 0 Å². The van der Waals surface area contributed by atoms with E-state index in [2.05, 4.69) is 13.8 Å². The molecule has 0 saturated carbocycles. The first-order valence-corrected chi connectivity index (χ1v) is 6.14. The van der Waals surface area contributed by atoms with Crippen LogP contribution in [0.15, 0.2) is 32.2 Å². The van der Waals surface area contributed by atoms with E-state index < -0.39 is 11.4 Å². The van der Waals surface area contributed by atoms with Gasteiger partial charge in [-0.1, -0.05) is 26.0 Å². The minimum atomic E-state index is -0.567. The second kappa shape index (κ2) is 4.80. The van der Waals surface area contributed by atoms with Crippen molar-refractivity contribution in [2.45, 2.75) is 33.7 Å². The molecule has 1 aromatic carbocycles. The summed E-state index contributed by atoms with van der Waals surface area (Å²) in [6.07, 6.45) is 0.872. The molecule has 0 radical (unpaired) electrons. The average molecular weight is 247 g/mol. The van der Waals surface area contributed by atoms with E-state index in [1.165, 1.54) is 0 Å². The highest BCUT2D eigenvalue weighted by Gasteiger charge is 2.11. The van der Waals surface area contributed by atoms with Crippen molar-refractivity contribution in [1.82, 2.24) is 4.57 Å². The Hall–Kier alpha value is -1.84. The van der Waals surface area contributed by atoms with E-state index in [9.17, 15) is 9.59 Å². The molecule has 0 atom stereocenters. The number of fused-ring (bicyclic) bond motifs is 1. The summed E-state index contributed by atoms with van der Waals surface area (Å²) < 4.78 is 6.32. The van der Waals surface area contributed by atoms with Gasteiger partial charge < -0.3 is 4.42 Å². The lowest BCUT2D eigenvalue weighted by Crippen LogP contribution is -2.26. The molecule has 0 spiro atoms. The maximum absolute atomic E-state index is 11.8. The van der Waals surface area contributed by atoms with Crippen LogP contribution in [0, 0.1) is 12.8 Å². The van der Waals surface area contributed by atoms with Crippen molar-refractivity contribution in [2.75, 3.05) is 0 Å². The number of hydrogen-bond donors (Lipinski definition) is 0. The molecule has 1 aromatic heterocycles. The Kier molecular flexibility index (Phi) is 3.36. The molecule has 0 N–H and O–H groups in total. The normalized spacial score (nSPS) is 11.3. The number of hydrogen-bond acceptors (Lipinski definition) is 3. The van der Waals surface area contributed by atoms with Gasteiger partial charge in [-0.15, -0.1) is 0 Å². The van der Waals surface area contributed by atoms with Crippen molar-refractivity contribution in [3.05, 3.63) is 44.7 Å². The van der Waals surface area contributed by atoms with Gasteiger partial charge in [-0.2, -0.15) is 0 Å². The van der Waals surface area contributed by atoms with Crippen molar-refractivity contribution in [3.8, 4) is 0 Å². The van der Waals surface area contributed by atoms with Gasteiger partial charge in [-0.3, -0.25) is 4.57 Å². The van der Waals surface area contributed by atoms with Gasteiger partial charge in [0, 0.05) is 6.54 Å². The van der Waals surface area contributed by atoms with Gasteiger partial charge in [0.1, 0.15) is 0 Å². The Bertz CT molecular complexity index is 679. The van der Waals surface area contributed by atoms with Crippen LogP contribution in [0.3, 0.4) is 0 Å². The van der Waals surface area contributed by atoms with Crippen LogP contribution in [0.25, 0.3) is 10.9 Å². The van der Waals surface area contributed by atoms with E-state index in [4.69, 9.17) is 4.42 Å². The van der Waals surface area contributed by atoms with Gasteiger partial charge in [0.05, 0.1) is 10.9 Å². The Morgan fingerprint density at radius 3 is 2.67 bits per heavy atom. The van der Waals surface area contributed by atoms with Crippen LogP contribution < -0.4 is 11.4 Å². The van der Waals surface area contributed by atoms with Gasteiger partial charge in [0.15, 0.2) is 0 Å². The fraction of sp³-hybridized carbons (Fsp3) is 0.429. The molecule has 2 rings (SSSR count). The zero-order chi connectivity index (χ0) is 13.3. The number of aromatic nitrogens is 1. The highest BCUT2D eigenvalue weighted by molar-refractivity contribution is 5.80. The number of para-hydroxylation sites is 1. The Balaban J connectivity index is 2.71. The molecule has 2 aromatic rings. The van der Waals surface area contributed by atoms with E-state index in [1.54, 1.807) is 16.7 Å². The highest BCUT2D eigenvalue weighted by Crippen LogP contribution is 2.14. The lowest BCUT2D eigenvalue weighted by atomic mass is 10.1. The first kappa shape index (κ1) is 12.6. The van der Waals surface area contributed by atoms with E-state index >= 15 is 0 Å². The molecule has 0 amide bonds. The standard InChI is InChI=1S/C14H17NO3/c1-9(2)7-8-15-12-10(3)5-4-6-11(12)13(16)18-14(15)17/h4-6,9H,7-8H2,1-3H3. The fourth-order valence-corrected chi connectivity index (χ4v) is 2.05. The monoisotopic (exact) mass is 247 g/mol. The molecular weight excluding hydrogens is 230 g/mol. The summed E-state index contributed by atoms with van der Waals surface area (Å²) in [5, 5.41) is 0.471. The summed E-state index contributed by atoms with van der Waals surface area (Å²) in [5.41, 5.74) is 1.06. The third-order valence-electron chi connectivity index (χ3n) is 3.06. The Morgan fingerprint density at radius 1 is 1.28 bits per heavy atom. The molecule has 0 aliphatic rings. The third kappa shape index (κ3) is 2.23. The molecule has 1 heterocycles. The maximum atomic E-state index is 11.8. The topological polar surface area (TPSA) is 52.2 Å². The lowest BCUT2D eigenvalue weighted by molar-refractivity contribution is 0.399. The molecule has 4 nitrogen and oxygen atoms in total. The van der Waals surface area contributed by atoms with Gasteiger partial charge in [-0.05, 0) is 30.9 Å².